The van der Waals surface area contributed by atoms with Gasteiger partial charge in [-0.3, -0.25) is 4.79 Å². The van der Waals surface area contributed by atoms with Crippen molar-refractivity contribution < 1.29 is 19.8 Å². The molecule has 0 radical (unpaired) electrons. The predicted molar refractivity (Wildman–Crippen MR) is 57.8 cm³/mol. The number of aliphatic hydroxyl groups is 1. The number of hydrogen-bond donors (Lipinski definition) is 3. The van der Waals surface area contributed by atoms with Crippen molar-refractivity contribution in [1.82, 2.24) is 5.32 Å². The maximum atomic E-state index is 11.5. The molecule has 5 nitrogen and oxygen atoms in total. The molecular weight excluding hydrogens is 210 g/mol. The van der Waals surface area contributed by atoms with Crippen LogP contribution in [0.25, 0.3) is 0 Å². The van der Waals surface area contributed by atoms with Crippen molar-refractivity contribution >= 4 is 11.9 Å². The highest BCUT2D eigenvalue weighted by atomic mass is 16.4. The van der Waals surface area contributed by atoms with Gasteiger partial charge in [-0.25, -0.2) is 4.79 Å². The largest absolute Gasteiger partial charge is 0.480 e. The molecule has 5 heteroatoms. The topological polar surface area (TPSA) is 86.6 Å². The molecule has 0 aromatic rings. The Morgan fingerprint density at radius 3 is 2.38 bits per heavy atom. The Balaban J connectivity index is 2.31. The maximum Gasteiger partial charge on any atom is 0.328 e. The highest BCUT2D eigenvalue weighted by Crippen LogP contribution is 2.26. The molecule has 3 N–H and O–H groups in total. The van der Waals surface area contributed by atoms with Crippen molar-refractivity contribution in [3.63, 3.8) is 0 Å². The second kappa shape index (κ2) is 6.48. The lowest BCUT2D eigenvalue weighted by atomic mass is 9.87. The molecule has 1 rings (SSSR count). The summed E-state index contributed by atoms with van der Waals surface area (Å²) in [7, 11) is 0. The number of aliphatic hydroxyl groups excluding tert-OH is 1. The van der Waals surface area contributed by atoms with Crippen LogP contribution in [-0.4, -0.2) is 34.7 Å². The monoisotopic (exact) mass is 229 g/mol. The zero-order chi connectivity index (χ0) is 12.0. The van der Waals surface area contributed by atoms with Crippen LogP contribution in [0.3, 0.4) is 0 Å². The first-order valence-electron chi connectivity index (χ1n) is 5.76. The number of amides is 1. The number of carboxylic acid groups (broad SMARTS) is 1. The molecule has 1 unspecified atom stereocenters. The van der Waals surface area contributed by atoms with E-state index in [4.69, 9.17) is 10.2 Å². The van der Waals surface area contributed by atoms with Gasteiger partial charge in [-0.15, -0.1) is 0 Å². The normalized spacial score (nSPS) is 19.1. The average Bonchev–Trinajstić information content (AvgIpc) is 2.27. The summed E-state index contributed by atoms with van der Waals surface area (Å²) in [4.78, 5) is 22.1. The van der Waals surface area contributed by atoms with Gasteiger partial charge in [0.25, 0.3) is 0 Å². The van der Waals surface area contributed by atoms with Gasteiger partial charge in [0.2, 0.25) is 5.91 Å². The number of carbonyl (C=O) groups excluding carboxylic acids is 1. The van der Waals surface area contributed by atoms with E-state index in [1.165, 1.54) is 6.42 Å². The van der Waals surface area contributed by atoms with Crippen LogP contribution in [0.15, 0.2) is 0 Å². The van der Waals surface area contributed by atoms with Crippen molar-refractivity contribution in [2.24, 2.45) is 5.92 Å². The van der Waals surface area contributed by atoms with Crippen molar-refractivity contribution in [3.05, 3.63) is 0 Å². The third-order valence-corrected chi connectivity index (χ3v) is 3.01. The Kier molecular flexibility index (Phi) is 5.25. The molecule has 0 bridgehead atoms. The summed E-state index contributed by atoms with van der Waals surface area (Å²) < 4.78 is 0. The van der Waals surface area contributed by atoms with Gasteiger partial charge in [0.05, 0.1) is 6.61 Å². The Morgan fingerprint density at radius 2 is 1.88 bits per heavy atom. The smallest absolute Gasteiger partial charge is 0.328 e. The first-order chi connectivity index (χ1) is 7.63. The molecule has 0 aliphatic heterocycles. The second-order valence-corrected chi connectivity index (χ2v) is 4.35. The van der Waals surface area contributed by atoms with Gasteiger partial charge in [0.15, 0.2) is 0 Å². The molecular formula is C11H19NO4. The van der Waals surface area contributed by atoms with E-state index in [0.717, 1.165) is 25.7 Å². The van der Waals surface area contributed by atoms with E-state index < -0.39 is 18.6 Å². The lowest BCUT2D eigenvalue weighted by Crippen LogP contribution is -2.43. The summed E-state index contributed by atoms with van der Waals surface area (Å²) in [5.41, 5.74) is 0. The van der Waals surface area contributed by atoms with Crippen molar-refractivity contribution in [2.75, 3.05) is 6.61 Å². The number of carboxylic acids is 1. The molecule has 0 spiro atoms. The molecule has 0 saturated heterocycles. The van der Waals surface area contributed by atoms with Gasteiger partial charge in [0.1, 0.15) is 6.04 Å². The Bertz CT molecular complexity index is 248. The molecule has 1 saturated carbocycles. The standard InChI is InChI=1S/C11H19NO4/c13-7-9(11(15)16)12-10(14)6-8-4-2-1-3-5-8/h8-9,13H,1-7H2,(H,12,14)(H,15,16). The Morgan fingerprint density at radius 1 is 1.25 bits per heavy atom. The molecule has 0 aromatic carbocycles. The van der Waals surface area contributed by atoms with Gasteiger partial charge in [-0.1, -0.05) is 19.3 Å². The summed E-state index contributed by atoms with van der Waals surface area (Å²) in [5, 5.41) is 19.7. The van der Waals surface area contributed by atoms with E-state index in [-0.39, 0.29) is 5.91 Å². The van der Waals surface area contributed by atoms with E-state index in [9.17, 15) is 9.59 Å². The van der Waals surface area contributed by atoms with Gasteiger partial charge < -0.3 is 15.5 Å². The van der Waals surface area contributed by atoms with Crippen LogP contribution in [0.4, 0.5) is 0 Å². The number of aliphatic carboxylic acids is 1. The SMILES string of the molecule is O=C(CC1CCCCC1)NC(CO)C(=O)O. The van der Waals surface area contributed by atoms with Crippen LogP contribution in [-0.2, 0) is 9.59 Å². The van der Waals surface area contributed by atoms with E-state index >= 15 is 0 Å². The average molecular weight is 229 g/mol. The number of rotatable bonds is 5. The highest BCUT2D eigenvalue weighted by molar-refractivity contribution is 5.83. The zero-order valence-corrected chi connectivity index (χ0v) is 9.32. The molecule has 1 amide bonds. The fraction of sp³-hybridized carbons (Fsp3) is 0.818. The molecule has 1 aliphatic carbocycles. The number of nitrogens with one attached hydrogen (secondary N) is 1. The summed E-state index contributed by atoms with van der Waals surface area (Å²) in [6, 6.07) is -1.17. The number of carbonyl (C=O) groups is 2. The van der Waals surface area contributed by atoms with Gasteiger partial charge in [0, 0.05) is 6.42 Å². The predicted octanol–water partition coefficient (Wildman–Crippen LogP) is 0.518. The number of hydrogen-bond acceptors (Lipinski definition) is 3. The van der Waals surface area contributed by atoms with Gasteiger partial charge in [-0.05, 0) is 18.8 Å². The molecule has 16 heavy (non-hydrogen) atoms. The first kappa shape index (κ1) is 13.0. The van der Waals surface area contributed by atoms with Crippen molar-refractivity contribution in [3.8, 4) is 0 Å². The molecule has 92 valence electrons. The van der Waals surface area contributed by atoms with Crippen LogP contribution < -0.4 is 5.32 Å². The minimum Gasteiger partial charge on any atom is -0.480 e. The van der Waals surface area contributed by atoms with Crippen molar-refractivity contribution in [1.29, 1.82) is 0 Å². The van der Waals surface area contributed by atoms with Crippen LogP contribution in [0, 0.1) is 5.92 Å². The highest BCUT2D eigenvalue weighted by Gasteiger charge is 2.22. The third kappa shape index (κ3) is 4.18. The lowest BCUT2D eigenvalue weighted by molar-refractivity contribution is -0.143. The van der Waals surface area contributed by atoms with E-state index in [1.807, 2.05) is 0 Å². The first-order valence-corrected chi connectivity index (χ1v) is 5.76. The second-order valence-electron chi connectivity index (χ2n) is 4.35. The van der Waals surface area contributed by atoms with Crippen LogP contribution >= 0.6 is 0 Å². The van der Waals surface area contributed by atoms with E-state index in [0.29, 0.717) is 12.3 Å². The van der Waals surface area contributed by atoms with Crippen molar-refractivity contribution in [2.45, 2.75) is 44.6 Å². The summed E-state index contributed by atoms with van der Waals surface area (Å²) in [6.45, 7) is -0.564. The fourth-order valence-electron chi connectivity index (χ4n) is 2.09. The third-order valence-electron chi connectivity index (χ3n) is 3.01. The summed E-state index contributed by atoms with van der Waals surface area (Å²) >= 11 is 0. The Hall–Kier alpha value is -1.10. The lowest BCUT2D eigenvalue weighted by Gasteiger charge is -2.21. The van der Waals surface area contributed by atoms with Gasteiger partial charge >= 0.3 is 5.97 Å². The summed E-state index contributed by atoms with van der Waals surface area (Å²) in [5.74, 6) is -1.09. The van der Waals surface area contributed by atoms with E-state index in [1.54, 1.807) is 0 Å². The molecule has 0 aromatic heterocycles. The quantitative estimate of drug-likeness (QED) is 0.641. The molecule has 0 heterocycles. The minimum atomic E-state index is -1.19. The zero-order valence-electron chi connectivity index (χ0n) is 9.32. The summed E-state index contributed by atoms with van der Waals surface area (Å²) in [6.07, 6.45) is 6.01. The van der Waals surface area contributed by atoms with Crippen LogP contribution in [0.5, 0.6) is 0 Å². The molecule has 1 atom stereocenters. The van der Waals surface area contributed by atoms with Gasteiger partial charge in [-0.2, -0.15) is 0 Å². The molecule has 1 aliphatic rings. The maximum absolute atomic E-state index is 11.5. The minimum absolute atomic E-state index is 0.270. The molecule has 1 fully saturated rings. The van der Waals surface area contributed by atoms with Crippen LogP contribution in [0.1, 0.15) is 38.5 Å². The Labute approximate surface area is 94.8 Å². The van der Waals surface area contributed by atoms with Crippen LogP contribution in [0.2, 0.25) is 0 Å². The fourth-order valence-corrected chi connectivity index (χ4v) is 2.09. The van der Waals surface area contributed by atoms with E-state index in [2.05, 4.69) is 5.32 Å².